The Morgan fingerprint density at radius 2 is 1.86 bits per heavy atom. The van der Waals surface area contributed by atoms with E-state index in [0.717, 1.165) is 38.0 Å². The zero-order chi connectivity index (χ0) is 20.4. The highest BCUT2D eigenvalue weighted by atomic mass is 35.5. The second-order valence-corrected chi connectivity index (χ2v) is 8.23. The van der Waals surface area contributed by atoms with Crippen LogP contribution in [-0.2, 0) is 22.6 Å². The number of hydrogen-bond acceptors (Lipinski definition) is 3. The number of anilines is 2. The lowest BCUT2D eigenvalue weighted by Gasteiger charge is -2.34. The van der Waals surface area contributed by atoms with E-state index in [1.54, 1.807) is 11.0 Å². The van der Waals surface area contributed by atoms with Crippen LogP contribution < -0.4 is 10.2 Å². The number of hydrogen-bond donors (Lipinski definition) is 1. The summed E-state index contributed by atoms with van der Waals surface area (Å²) < 4.78 is 0. The number of piperidine rings is 1. The number of nitrogens with zero attached hydrogens (tertiary/aromatic N) is 2. The molecule has 1 atom stereocenters. The molecule has 2 aromatic carbocycles. The highest BCUT2D eigenvalue weighted by Crippen LogP contribution is 2.32. The quantitative estimate of drug-likeness (QED) is 0.821. The van der Waals surface area contributed by atoms with Crippen LogP contribution in [0.2, 0.25) is 5.02 Å². The van der Waals surface area contributed by atoms with Crippen molar-refractivity contribution in [1.29, 1.82) is 0 Å². The number of rotatable bonds is 3. The molecule has 0 aliphatic carbocycles. The van der Waals surface area contributed by atoms with E-state index >= 15 is 0 Å². The molecular formula is C23H26ClN3O2. The Morgan fingerprint density at radius 3 is 2.62 bits per heavy atom. The molecule has 29 heavy (non-hydrogen) atoms. The van der Waals surface area contributed by atoms with Gasteiger partial charge in [0.25, 0.3) is 0 Å². The molecule has 1 saturated heterocycles. The average molecular weight is 412 g/mol. The minimum atomic E-state index is -0.404. The van der Waals surface area contributed by atoms with Crippen LogP contribution in [0.15, 0.2) is 42.5 Å². The molecule has 0 unspecified atom stereocenters. The van der Waals surface area contributed by atoms with Gasteiger partial charge in [-0.1, -0.05) is 35.9 Å². The van der Waals surface area contributed by atoms with E-state index < -0.39 is 6.04 Å². The van der Waals surface area contributed by atoms with Crippen LogP contribution in [0, 0.1) is 0 Å². The molecule has 1 fully saturated rings. The van der Waals surface area contributed by atoms with Crippen LogP contribution in [-0.4, -0.2) is 35.8 Å². The summed E-state index contributed by atoms with van der Waals surface area (Å²) in [6.07, 6.45) is 3.60. The van der Waals surface area contributed by atoms with Gasteiger partial charge in [0.05, 0.1) is 10.7 Å². The van der Waals surface area contributed by atoms with Crippen molar-refractivity contribution < 1.29 is 9.59 Å². The van der Waals surface area contributed by atoms with Crippen molar-refractivity contribution in [2.24, 2.45) is 0 Å². The number of halogens is 1. The number of nitrogens with one attached hydrogen (secondary N) is 1. The van der Waals surface area contributed by atoms with Crippen molar-refractivity contribution in [3.8, 4) is 0 Å². The van der Waals surface area contributed by atoms with Gasteiger partial charge < -0.3 is 15.1 Å². The van der Waals surface area contributed by atoms with E-state index in [4.69, 9.17) is 11.6 Å². The third-order valence-corrected chi connectivity index (χ3v) is 6.20. The van der Waals surface area contributed by atoms with Gasteiger partial charge in [0.1, 0.15) is 6.04 Å². The van der Waals surface area contributed by atoms with Gasteiger partial charge in [0, 0.05) is 32.2 Å². The Labute approximate surface area is 176 Å². The minimum absolute atomic E-state index is 0.0522. The van der Waals surface area contributed by atoms with Crippen molar-refractivity contribution in [3.05, 3.63) is 58.6 Å². The minimum Gasteiger partial charge on any atom is -0.366 e. The highest BCUT2D eigenvalue weighted by Gasteiger charge is 2.30. The molecule has 2 aliphatic rings. The van der Waals surface area contributed by atoms with Gasteiger partial charge in [-0.05, 0) is 55.0 Å². The lowest BCUT2D eigenvalue weighted by Crippen LogP contribution is -2.49. The molecule has 0 bridgehead atoms. The zero-order valence-electron chi connectivity index (χ0n) is 16.7. The smallest absolute Gasteiger partial charge is 0.247 e. The number of likely N-dealkylation sites (tertiary alicyclic amines) is 1. The number of fused-ring (bicyclic) bond motifs is 1. The number of benzene rings is 2. The summed E-state index contributed by atoms with van der Waals surface area (Å²) in [6, 6.07) is 13.7. The first kappa shape index (κ1) is 19.8. The van der Waals surface area contributed by atoms with Gasteiger partial charge in [0.2, 0.25) is 11.8 Å². The fraction of sp³-hybridized carbons (Fsp3) is 0.391. The fourth-order valence-corrected chi connectivity index (χ4v) is 4.65. The Balaban J connectivity index is 1.46. The largest absolute Gasteiger partial charge is 0.366 e. The van der Waals surface area contributed by atoms with Crippen molar-refractivity contribution in [3.63, 3.8) is 0 Å². The summed E-state index contributed by atoms with van der Waals surface area (Å²) in [5.41, 5.74) is 4.36. The number of carbonyl (C=O) groups is 2. The SMILES string of the molecule is CC(=O)N1CCCC[C@@H]1C(=O)Nc1ccc(N2CCc3ccccc3C2)c(Cl)c1. The first-order valence-electron chi connectivity index (χ1n) is 10.2. The lowest BCUT2D eigenvalue weighted by atomic mass is 9.99. The lowest BCUT2D eigenvalue weighted by molar-refractivity contribution is -0.138. The van der Waals surface area contributed by atoms with Crippen molar-refractivity contribution in [2.75, 3.05) is 23.3 Å². The predicted octanol–water partition coefficient (Wildman–Crippen LogP) is 4.24. The Bertz CT molecular complexity index is 930. The van der Waals surface area contributed by atoms with Crippen molar-refractivity contribution >= 4 is 34.8 Å². The van der Waals surface area contributed by atoms with E-state index in [1.807, 2.05) is 12.1 Å². The maximum absolute atomic E-state index is 12.8. The molecule has 2 amide bonds. The van der Waals surface area contributed by atoms with Crippen LogP contribution in [0.4, 0.5) is 11.4 Å². The molecule has 0 aromatic heterocycles. The summed E-state index contributed by atoms with van der Waals surface area (Å²) in [4.78, 5) is 28.5. The highest BCUT2D eigenvalue weighted by molar-refractivity contribution is 6.33. The molecule has 0 radical (unpaired) electrons. The van der Waals surface area contributed by atoms with E-state index in [0.29, 0.717) is 23.7 Å². The third kappa shape index (κ3) is 4.25. The van der Waals surface area contributed by atoms with Crippen LogP contribution in [0.25, 0.3) is 0 Å². The summed E-state index contributed by atoms with van der Waals surface area (Å²) in [6.45, 7) is 3.91. The van der Waals surface area contributed by atoms with E-state index in [2.05, 4.69) is 34.5 Å². The summed E-state index contributed by atoms with van der Waals surface area (Å²) in [5.74, 6) is -0.195. The van der Waals surface area contributed by atoms with Gasteiger partial charge >= 0.3 is 0 Å². The van der Waals surface area contributed by atoms with E-state index in [9.17, 15) is 9.59 Å². The number of carbonyl (C=O) groups excluding carboxylic acids is 2. The molecular weight excluding hydrogens is 386 g/mol. The Hall–Kier alpha value is -2.53. The first-order valence-corrected chi connectivity index (χ1v) is 10.6. The maximum Gasteiger partial charge on any atom is 0.247 e. The van der Waals surface area contributed by atoms with Crippen LogP contribution in [0.3, 0.4) is 0 Å². The zero-order valence-corrected chi connectivity index (χ0v) is 17.4. The molecule has 2 aromatic rings. The van der Waals surface area contributed by atoms with Crippen LogP contribution >= 0.6 is 11.6 Å². The van der Waals surface area contributed by atoms with Crippen molar-refractivity contribution in [1.82, 2.24) is 4.90 Å². The molecule has 4 rings (SSSR count). The average Bonchev–Trinajstić information content (AvgIpc) is 2.73. The first-order chi connectivity index (χ1) is 14.0. The fourth-order valence-electron chi connectivity index (χ4n) is 4.35. The Morgan fingerprint density at radius 1 is 1.07 bits per heavy atom. The topological polar surface area (TPSA) is 52.7 Å². The summed E-state index contributed by atoms with van der Waals surface area (Å²) in [7, 11) is 0. The Kier molecular flexibility index (Phi) is 5.76. The van der Waals surface area contributed by atoms with Gasteiger partial charge in [-0.15, -0.1) is 0 Å². The molecule has 152 valence electrons. The summed E-state index contributed by atoms with van der Waals surface area (Å²) >= 11 is 6.58. The normalized spacial score (nSPS) is 18.9. The maximum atomic E-state index is 12.8. The molecule has 2 aliphatic heterocycles. The van der Waals surface area contributed by atoms with Gasteiger partial charge in [-0.3, -0.25) is 9.59 Å². The second-order valence-electron chi connectivity index (χ2n) is 7.82. The summed E-state index contributed by atoms with van der Waals surface area (Å²) in [5, 5.41) is 3.57. The molecule has 2 heterocycles. The van der Waals surface area contributed by atoms with Crippen LogP contribution in [0.1, 0.15) is 37.3 Å². The van der Waals surface area contributed by atoms with Gasteiger partial charge in [0.15, 0.2) is 0 Å². The standard InChI is InChI=1S/C23H26ClN3O2/c1-16(28)27-12-5-4-8-22(27)23(29)25-19-9-10-21(20(24)14-19)26-13-11-17-6-2-3-7-18(17)15-26/h2-3,6-7,9-10,14,22H,4-5,8,11-13,15H2,1H3,(H,25,29)/t22-/m1/s1. The second kappa shape index (κ2) is 8.46. The monoisotopic (exact) mass is 411 g/mol. The predicted molar refractivity (Wildman–Crippen MR) is 116 cm³/mol. The van der Waals surface area contributed by atoms with Gasteiger partial charge in [-0.2, -0.15) is 0 Å². The molecule has 6 heteroatoms. The number of amides is 2. The molecule has 0 saturated carbocycles. The van der Waals surface area contributed by atoms with E-state index in [-0.39, 0.29) is 11.8 Å². The van der Waals surface area contributed by atoms with E-state index in [1.165, 1.54) is 18.1 Å². The van der Waals surface area contributed by atoms with Crippen molar-refractivity contribution in [2.45, 2.75) is 45.2 Å². The molecule has 1 N–H and O–H groups in total. The molecule has 0 spiro atoms. The van der Waals surface area contributed by atoms with Crippen LogP contribution in [0.5, 0.6) is 0 Å². The van der Waals surface area contributed by atoms with Gasteiger partial charge in [-0.25, -0.2) is 0 Å². The molecule has 5 nitrogen and oxygen atoms in total. The third-order valence-electron chi connectivity index (χ3n) is 5.90.